The molecule has 21 heavy (non-hydrogen) atoms. The summed E-state index contributed by atoms with van der Waals surface area (Å²) in [5.74, 6) is -0.713. The van der Waals surface area contributed by atoms with Crippen molar-refractivity contribution in [3.63, 3.8) is 0 Å². The van der Waals surface area contributed by atoms with E-state index in [9.17, 15) is 4.79 Å². The summed E-state index contributed by atoms with van der Waals surface area (Å²) in [4.78, 5) is 10.4. The molecule has 0 aliphatic rings. The monoisotopic (exact) mass is 280 g/mol. The summed E-state index contributed by atoms with van der Waals surface area (Å²) in [6.07, 6.45) is 7.06. The van der Waals surface area contributed by atoms with Crippen molar-refractivity contribution in [3.8, 4) is 11.1 Å². The van der Waals surface area contributed by atoms with Crippen molar-refractivity contribution >= 4 is 12.0 Å². The molecule has 0 amide bonds. The van der Waals surface area contributed by atoms with Gasteiger partial charge in [-0.3, -0.25) is 4.79 Å². The molecule has 0 unspecified atom stereocenters. The van der Waals surface area contributed by atoms with Crippen LogP contribution in [0.1, 0.15) is 31.2 Å². The van der Waals surface area contributed by atoms with Crippen LogP contribution in [0.15, 0.2) is 60.7 Å². The second-order valence-electron chi connectivity index (χ2n) is 5.03. The third-order valence-corrected chi connectivity index (χ3v) is 3.34. The minimum Gasteiger partial charge on any atom is -0.481 e. The highest BCUT2D eigenvalue weighted by Crippen LogP contribution is 2.19. The zero-order chi connectivity index (χ0) is 14.9. The Hall–Kier alpha value is -2.35. The van der Waals surface area contributed by atoms with Gasteiger partial charge in [0, 0.05) is 6.42 Å². The van der Waals surface area contributed by atoms with Gasteiger partial charge in [0.25, 0.3) is 0 Å². The predicted octanol–water partition coefficient (Wildman–Crippen LogP) is 5.01. The van der Waals surface area contributed by atoms with Crippen molar-refractivity contribution in [2.24, 2.45) is 0 Å². The van der Waals surface area contributed by atoms with Gasteiger partial charge in [0.1, 0.15) is 0 Å². The smallest absolute Gasteiger partial charge is 0.303 e. The summed E-state index contributed by atoms with van der Waals surface area (Å²) in [5.41, 5.74) is 3.61. The maximum Gasteiger partial charge on any atom is 0.303 e. The topological polar surface area (TPSA) is 37.3 Å². The molecule has 0 spiro atoms. The van der Waals surface area contributed by atoms with Crippen LogP contribution >= 0.6 is 0 Å². The van der Waals surface area contributed by atoms with E-state index in [0.29, 0.717) is 0 Å². The van der Waals surface area contributed by atoms with E-state index in [-0.39, 0.29) is 6.42 Å². The van der Waals surface area contributed by atoms with Gasteiger partial charge >= 0.3 is 5.97 Å². The molecule has 2 rings (SSSR count). The average molecular weight is 280 g/mol. The van der Waals surface area contributed by atoms with Crippen LogP contribution in [-0.2, 0) is 4.79 Å². The highest BCUT2D eigenvalue weighted by molar-refractivity contribution is 5.66. The SMILES string of the molecule is O=C(O)CCCC/C=C/c1ccc(-c2ccccc2)cc1. The van der Waals surface area contributed by atoms with E-state index in [1.165, 1.54) is 16.7 Å². The summed E-state index contributed by atoms with van der Waals surface area (Å²) < 4.78 is 0. The molecule has 2 aromatic rings. The fourth-order valence-electron chi connectivity index (χ4n) is 2.18. The van der Waals surface area contributed by atoms with Crippen molar-refractivity contribution < 1.29 is 9.90 Å². The lowest BCUT2D eigenvalue weighted by Gasteiger charge is -2.01. The fourth-order valence-corrected chi connectivity index (χ4v) is 2.18. The maximum absolute atomic E-state index is 10.4. The molecular weight excluding hydrogens is 260 g/mol. The molecule has 0 saturated carbocycles. The van der Waals surface area contributed by atoms with E-state index in [0.717, 1.165) is 19.3 Å². The van der Waals surface area contributed by atoms with Crippen molar-refractivity contribution in [2.45, 2.75) is 25.7 Å². The summed E-state index contributed by atoms with van der Waals surface area (Å²) in [6, 6.07) is 18.8. The molecule has 2 aromatic carbocycles. The van der Waals surface area contributed by atoms with Gasteiger partial charge in [-0.1, -0.05) is 66.7 Å². The van der Waals surface area contributed by atoms with Crippen LogP contribution in [0.2, 0.25) is 0 Å². The van der Waals surface area contributed by atoms with Gasteiger partial charge in [-0.2, -0.15) is 0 Å². The minimum atomic E-state index is -0.713. The van der Waals surface area contributed by atoms with Gasteiger partial charge < -0.3 is 5.11 Å². The summed E-state index contributed by atoms with van der Waals surface area (Å²) in [6.45, 7) is 0. The van der Waals surface area contributed by atoms with E-state index in [4.69, 9.17) is 5.11 Å². The number of carbonyl (C=O) groups is 1. The second kappa shape index (κ2) is 8.05. The number of carboxylic acids is 1. The Kier molecular flexibility index (Phi) is 5.77. The number of allylic oxidation sites excluding steroid dienone is 1. The normalized spacial score (nSPS) is 10.9. The molecule has 1 N–H and O–H groups in total. The lowest BCUT2D eigenvalue weighted by Crippen LogP contribution is -1.92. The number of unbranched alkanes of at least 4 members (excludes halogenated alkanes) is 2. The van der Waals surface area contributed by atoms with Gasteiger partial charge in [0.15, 0.2) is 0 Å². The predicted molar refractivity (Wildman–Crippen MR) is 87.0 cm³/mol. The first-order valence-electron chi connectivity index (χ1n) is 7.29. The Balaban J connectivity index is 1.84. The van der Waals surface area contributed by atoms with Gasteiger partial charge in [0.05, 0.1) is 0 Å². The van der Waals surface area contributed by atoms with E-state index in [1.54, 1.807) is 0 Å². The molecule has 0 bridgehead atoms. The van der Waals surface area contributed by atoms with Crippen molar-refractivity contribution in [1.82, 2.24) is 0 Å². The van der Waals surface area contributed by atoms with Crippen LogP contribution in [0.5, 0.6) is 0 Å². The quantitative estimate of drug-likeness (QED) is 0.724. The number of hydrogen-bond donors (Lipinski definition) is 1. The molecule has 0 saturated heterocycles. The number of benzene rings is 2. The molecule has 108 valence electrons. The van der Waals surface area contributed by atoms with E-state index < -0.39 is 5.97 Å². The van der Waals surface area contributed by atoms with Crippen molar-refractivity contribution in [1.29, 1.82) is 0 Å². The Morgan fingerprint density at radius 2 is 1.57 bits per heavy atom. The Bertz CT molecular complexity index is 583. The third-order valence-electron chi connectivity index (χ3n) is 3.34. The van der Waals surface area contributed by atoms with Gasteiger partial charge in [-0.15, -0.1) is 0 Å². The Morgan fingerprint density at radius 3 is 2.24 bits per heavy atom. The van der Waals surface area contributed by atoms with E-state index in [2.05, 4.69) is 48.6 Å². The maximum atomic E-state index is 10.4. The molecule has 0 fully saturated rings. The standard InChI is InChI=1S/C19H20O2/c20-19(21)11-7-2-1-4-8-16-12-14-18(15-13-16)17-9-5-3-6-10-17/h3-6,8-10,12-15H,1-2,7,11H2,(H,20,21)/b8-4+. The van der Waals surface area contributed by atoms with Crippen molar-refractivity contribution in [3.05, 3.63) is 66.2 Å². The van der Waals surface area contributed by atoms with Crippen LogP contribution in [0, 0.1) is 0 Å². The number of hydrogen-bond acceptors (Lipinski definition) is 1. The average Bonchev–Trinajstić information content (AvgIpc) is 2.52. The van der Waals surface area contributed by atoms with Crippen LogP contribution in [0.3, 0.4) is 0 Å². The summed E-state index contributed by atoms with van der Waals surface area (Å²) in [7, 11) is 0. The molecule has 0 aliphatic heterocycles. The summed E-state index contributed by atoms with van der Waals surface area (Å²) >= 11 is 0. The lowest BCUT2D eigenvalue weighted by atomic mass is 10.0. The molecule has 2 nitrogen and oxygen atoms in total. The van der Waals surface area contributed by atoms with Gasteiger partial charge in [-0.25, -0.2) is 0 Å². The first-order chi connectivity index (χ1) is 10.3. The number of aliphatic carboxylic acids is 1. The zero-order valence-corrected chi connectivity index (χ0v) is 12.0. The molecule has 2 heteroatoms. The van der Waals surface area contributed by atoms with Gasteiger partial charge in [-0.05, 0) is 36.0 Å². The van der Waals surface area contributed by atoms with Crippen LogP contribution in [-0.4, -0.2) is 11.1 Å². The number of carboxylic acid groups (broad SMARTS) is 1. The second-order valence-corrected chi connectivity index (χ2v) is 5.03. The zero-order valence-electron chi connectivity index (χ0n) is 12.0. The highest BCUT2D eigenvalue weighted by Gasteiger charge is 1.96. The van der Waals surface area contributed by atoms with Crippen LogP contribution in [0.4, 0.5) is 0 Å². The fraction of sp³-hybridized carbons (Fsp3) is 0.211. The highest BCUT2D eigenvalue weighted by atomic mass is 16.4. The Morgan fingerprint density at radius 1 is 0.905 bits per heavy atom. The third kappa shape index (κ3) is 5.27. The summed E-state index contributed by atoms with van der Waals surface area (Å²) in [5, 5.41) is 8.55. The Labute approximate surface area is 125 Å². The largest absolute Gasteiger partial charge is 0.481 e. The first kappa shape index (κ1) is 15.0. The van der Waals surface area contributed by atoms with E-state index >= 15 is 0 Å². The molecule has 0 atom stereocenters. The van der Waals surface area contributed by atoms with Gasteiger partial charge in [0.2, 0.25) is 0 Å². The van der Waals surface area contributed by atoms with Crippen LogP contribution < -0.4 is 0 Å². The molecular formula is C19H20O2. The van der Waals surface area contributed by atoms with Crippen molar-refractivity contribution in [2.75, 3.05) is 0 Å². The van der Waals surface area contributed by atoms with E-state index in [1.807, 2.05) is 18.2 Å². The molecule has 0 radical (unpaired) electrons. The first-order valence-corrected chi connectivity index (χ1v) is 7.29. The minimum absolute atomic E-state index is 0.264. The molecule has 0 aliphatic carbocycles. The molecule has 0 heterocycles. The number of rotatable bonds is 7. The molecule has 0 aromatic heterocycles. The van der Waals surface area contributed by atoms with Crippen LogP contribution in [0.25, 0.3) is 17.2 Å². The lowest BCUT2D eigenvalue weighted by molar-refractivity contribution is -0.137.